The van der Waals surface area contributed by atoms with Crippen molar-refractivity contribution in [1.82, 2.24) is 0 Å². The zero-order valence-corrected chi connectivity index (χ0v) is 8.03. The van der Waals surface area contributed by atoms with Crippen LogP contribution in [0, 0.1) is 0 Å². The molecule has 0 amide bonds. The summed E-state index contributed by atoms with van der Waals surface area (Å²) in [4.78, 5) is 21.5. The second-order valence-corrected chi connectivity index (χ2v) is 2.84. The highest BCUT2D eigenvalue weighted by Crippen LogP contribution is 2.11. The molecule has 0 heterocycles. The van der Waals surface area contributed by atoms with Crippen LogP contribution >= 0.6 is 0 Å². The predicted molar refractivity (Wildman–Crippen MR) is 51.9 cm³/mol. The SMILES string of the molecule is CCC(=O)c1ccccc1COC=O. The molecule has 0 aliphatic rings. The number of carbonyl (C=O) groups is 2. The molecule has 0 aliphatic heterocycles. The van der Waals surface area contributed by atoms with E-state index in [4.69, 9.17) is 0 Å². The van der Waals surface area contributed by atoms with E-state index < -0.39 is 0 Å². The zero-order valence-electron chi connectivity index (χ0n) is 8.03. The van der Waals surface area contributed by atoms with Crippen LogP contribution in [-0.4, -0.2) is 12.3 Å². The number of hydrogen-bond acceptors (Lipinski definition) is 3. The fourth-order valence-electron chi connectivity index (χ4n) is 1.23. The lowest BCUT2D eigenvalue weighted by atomic mass is 10.0. The smallest absolute Gasteiger partial charge is 0.293 e. The van der Waals surface area contributed by atoms with Gasteiger partial charge in [-0.05, 0) is 0 Å². The van der Waals surface area contributed by atoms with Crippen LogP contribution in [0.15, 0.2) is 24.3 Å². The lowest BCUT2D eigenvalue weighted by Gasteiger charge is -2.05. The minimum atomic E-state index is 0.0649. The van der Waals surface area contributed by atoms with Gasteiger partial charge in [-0.25, -0.2) is 0 Å². The Kier molecular flexibility index (Phi) is 3.85. The Morgan fingerprint density at radius 2 is 2.14 bits per heavy atom. The molecule has 14 heavy (non-hydrogen) atoms. The Hall–Kier alpha value is -1.64. The number of ketones is 1. The summed E-state index contributed by atoms with van der Waals surface area (Å²) in [6.07, 6.45) is 0.456. The summed E-state index contributed by atoms with van der Waals surface area (Å²) in [7, 11) is 0. The molecule has 0 fully saturated rings. The molecule has 0 atom stereocenters. The molecule has 0 aromatic heterocycles. The third-order valence-electron chi connectivity index (χ3n) is 1.95. The van der Waals surface area contributed by atoms with Crippen LogP contribution in [0.1, 0.15) is 29.3 Å². The van der Waals surface area contributed by atoms with Crippen LogP contribution in [0.5, 0.6) is 0 Å². The third-order valence-corrected chi connectivity index (χ3v) is 1.95. The topological polar surface area (TPSA) is 43.4 Å². The normalized spacial score (nSPS) is 9.50. The number of rotatable bonds is 5. The molecule has 0 saturated heterocycles. The average Bonchev–Trinajstić information content (AvgIpc) is 2.25. The van der Waals surface area contributed by atoms with Gasteiger partial charge < -0.3 is 4.74 Å². The first-order valence-corrected chi connectivity index (χ1v) is 4.46. The fraction of sp³-hybridized carbons (Fsp3) is 0.273. The lowest BCUT2D eigenvalue weighted by Crippen LogP contribution is -2.03. The Balaban J connectivity index is 2.90. The van der Waals surface area contributed by atoms with Gasteiger partial charge in [0.2, 0.25) is 0 Å². The van der Waals surface area contributed by atoms with Crippen molar-refractivity contribution in [3.05, 3.63) is 35.4 Å². The van der Waals surface area contributed by atoms with Crippen LogP contribution in [-0.2, 0) is 16.1 Å². The lowest BCUT2D eigenvalue weighted by molar-refractivity contribution is -0.129. The maximum Gasteiger partial charge on any atom is 0.293 e. The molecule has 0 N–H and O–H groups in total. The summed E-state index contributed by atoms with van der Waals surface area (Å²) in [6, 6.07) is 7.14. The van der Waals surface area contributed by atoms with Gasteiger partial charge in [-0.2, -0.15) is 0 Å². The van der Waals surface area contributed by atoms with Gasteiger partial charge in [0, 0.05) is 17.5 Å². The van der Waals surface area contributed by atoms with Gasteiger partial charge in [-0.15, -0.1) is 0 Å². The second-order valence-electron chi connectivity index (χ2n) is 2.84. The van der Waals surface area contributed by atoms with E-state index in [0.29, 0.717) is 18.5 Å². The van der Waals surface area contributed by atoms with Crippen LogP contribution in [0.4, 0.5) is 0 Å². The van der Waals surface area contributed by atoms with Crippen molar-refractivity contribution in [1.29, 1.82) is 0 Å². The summed E-state index contributed by atoms with van der Waals surface area (Å²) in [5, 5.41) is 0. The fourth-order valence-corrected chi connectivity index (χ4v) is 1.23. The predicted octanol–water partition coefficient (Wildman–Crippen LogP) is 1.95. The van der Waals surface area contributed by atoms with Crippen molar-refractivity contribution < 1.29 is 14.3 Å². The molecule has 1 rings (SSSR count). The van der Waals surface area contributed by atoms with E-state index in [1.54, 1.807) is 25.1 Å². The highest BCUT2D eigenvalue weighted by molar-refractivity contribution is 5.97. The van der Waals surface area contributed by atoms with E-state index in [-0.39, 0.29) is 12.4 Å². The maximum absolute atomic E-state index is 11.5. The molecule has 74 valence electrons. The van der Waals surface area contributed by atoms with Crippen molar-refractivity contribution >= 4 is 12.3 Å². The van der Waals surface area contributed by atoms with Crippen molar-refractivity contribution in [2.24, 2.45) is 0 Å². The zero-order chi connectivity index (χ0) is 10.4. The number of Topliss-reactive ketones (excluding diaryl/α,β-unsaturated/α-hetero) is 1. The van der Waals surface area contributed by atoms with Gasteiger partial charge >= 0.3 is 0 Å². The van der Waals surface area contributed by atoms with E-state index in [9.17, 15) is 9.59 Å². The van der Waals surface area contributed by atoms with Crippen molar-refractivity contribution in [3.8, 4) is 0 Å². The van der Waals surface area contributed by atoms with E-state index in [2.05, 4.69) is 4.74 Å². The van der Waals surface area contributed by atoms with E-state index in [0.717, 1.165) is 5.56 Å². The van der Waals surface area contributed by atoms with Gasteiger partial charge in [-0.3, -0.25) is 9.59 Å². The second kappa shape index (κ2) is 5.17. The molecule has 3 heteroatoms. The van der Waals surface area contributed by atoms with Gasteiger partial charge in [-0.1, -0.05) is 31.2 Å². The van der Waals surface area contributed by atoms with Crippen molar-refractivity contribution in [2.75, 3.05) is 0 Å². The molecule has 0 unspecified atom stereocenters. The molecule has 0 spiro atoms. The Morgan fingerprint density at radius 1 is 1.43 bits per heavy atom. The van der Waals surface area contributed by atoms with Crippen LogP contribution in [0.25, 0.3) is 0 Å². The summed E-state index contributed by atoms with van der Waals surface area (Å²) in [6.45, 7) is 2.35. The van der Waals surface area contributed by atoms with E-state index >= 15 is 0 Å². The minimum Gasteiger partial charge on any atom is -0.463 e. The number of ether oxygens (including phenoxy) is 1. The first kappa shape index (κ1) is 10.4. The Bertz CT molecular complexity index is 331. The van der Waals surface area contributed by atoms with Gasteiger partial charge in [0.25, 0.3) is 6.47 Å². The molecule has 1 aromatic carbocycles. The third kappa shape index (κ3) is 2.42. The summed E-state index contributed by atoms with van der Waals surface area (Å²) < 4.78 is 4.62. The summed E-state index contributed by atoms with van der Waals surface area (Å²) >= 11 is 0. The quantitative estimate of drug-likeness (QED) is 0.529. The first-order valence-electron chi connectivity index (χ1n) is 4.46. The standard InChI is InChI=1S/C11H12O3/c1-2-11(13)10-6-4-3-5-9(10)7-14-8-12/h3-6,8H,2,7H2,1H3. The van der Waals surface area contributed by atoms with E-state index in [1.165, 1.54) is 0 Å². The van der Waals surface area contributed by atoms with Crippen molar-refractivity contribution in [3.63, 3.8) is 0 Å². The van der Waals surface area contributed by atoms with E-state index in [1.807, 2.05) is 6.07 Å². The molecule has 3 nitrogen and oxygen atoms in total. The summed E-state index contributed by atoms with van der Waals surface area (Å²) in [5.74, 6) is 0.0649. The molecule has 0 bridgehead atoms. The van der Waals surface area contributed by atoms with Gasteiger partial charge in [0.05, 0.1) is 0 Å². The molecular weight excluding hydrogens is 180 g/mol. The monoisotopic (exact) mass is 192 g/mol. The number of hydrogen-bond donors (Lipinski definition) is 0. The van der Waals surface area contributed by atoms with Crippen LogP contribution in [0.2, 0.25) is 0 Å². The Morgan fingerprint density at radius 3 is 2.79 bits per heavy atom. The highest BCUT2D eigenvalue weighted by Gasteiger charge is 2.08. The number of carbonyl (C=O) groups excluding carboxylic acids is 2. The average molecular weight is 192 g/mol. The van der Waals surface area contributed by atoms with Crippen LogP contribution < -0.4 is 0 Å². The van der Waals surface area contributed by atoms with Crippen molar-refractivity contribution in [2.45, 2.75) is 20.0 Å². The highest BCUT2D eigenvalue weighted by atomic mass is 16.5. The van der Waals surface area contributed by atoms with Crippen LogP contribution in [0.3, 0.4) is 0 Å². The largest absolute Gasteiger partial charge is 0.463 e. The molecule has 0 aliphatic carbocycles. The summed E-state index contributed by atoms with van der Waals surface area (Å²) in [5.41, 5.74) is 1.39. The molecular formula is C11H12O3. The maximum atomic E-state index is 11.5. The molecule has 1 aromatic rings. The van der Waals surface area contributed by atoms with Gasteiger partial charge in [0.1, 0.15) is 6.61 Å². The van der Waals surface area contributed by atoms with Gasteiger partial charge in [0.15, 0.2) is 5.78 Å². The number of benzene rings is 1. The minimum absolute atomic E-state index is 0.0649. The first-order chi connectivity index (χ1) is 6.79. The Labute approximate surface area is 82.7 Å². The molecule has 0 saturated carbocycles. The molecule has 0 radical (unpaired) electrons.